The quantitative estimate of drug-likeness (QED) is 0.728. The molecule has 0 radical (unpaired) electrons. The van der Waals surface area contributed by atoms with Crippen LogP contribution in [0, 0.1) is 12.8 Å². The molecule has 1 amide bonds. The van der Waals surface area contributed by atoms with Crippen LogP contribution in [0.15, 0.2) is 42.6 Å². The number of nitrogens with zero attached hydrogens (tertiary/aromatic N) is 4. The van der Waals surface area contributed by atoms with E-state index in [1.165, 1.54) is 18.5 Å². The van der Waals surface area contributed by atoms with Gasteiger partial charge < -0.3 is 9.47 Å². The number of carbonyl (C=O) groups excluding carboxylic acids is 1. The summed E-state index contributed by atoms with van der Waals surface area (Å²) < 4.78 is 2.36. The number of amides is 1. The number of carbonyl (C=O) groups is 1. The highest BCUT2D eigenvalue weighted by atomic mass is 16.2. The van der Waals surface area contributed by atoms with Gasteiger partial charge >= 0.3 is 0 Å². The molecular formula is C21H22N4O. The third-order valence-electron chi connectivity index (χ3n) is 5.58. The number of likely N-dealkylation sites (tertiary alicyclic amines) is 1. The summed E-state index contributed by atoms with van der Waals surface area (Å²) in [5, 5.41) is 1.06. The second kappa shape index (κ2) is 5.94. The number of rotatable bonds is 4. The molecule has 0 bridgehead atoms. The van der Waals surface area contributed by atoms with E-state index in [0.717, 1.165) is 42.3 Å². The molecule has 2 aromatic heterocycles. The van der Waals surface area contributed by atoms with Crippen molar-refractivity contribution in [3.63, 3.8) is 0 Å². The van der Waals surface area contributed by atoms with E-state index in [1.807, 2.05) is 47.5 Å². The van der Waals surface area contributed by atoms with E-state index in [9.17, 15) is 4.79 Å². The van der Waals surface area contributed by atoms with Gasteiger partial charge in [-0.2, -0.15) is 0 Å². The van der Waals surface area contributed by atoms with Gasteiger partial charge in [0.1, 0.15) is 11.5 Å². The summed E-state index contributed by atoms with van der Waals surface area (Å²) >= 11 is 0. The van der Waals surface area contributed by atoms with E-state index < -0.39 is 0 Å². The van der Waals surface area contributed by atoms with E-state index in [4.69, 9.17) is 0 Å². The van der Waals surface area contributed by atoms with Crippen LogP contribution in [0.3, 0.4) is 0 Å². The molecule has 1 saturated heterocycles. The minimum absolute atomic E-state index is 0.0176. The van der Waals surface area contributed by atoms with Crippen LogP contribution in [0.4, 0.5) is 0 Å². The summed E-state index contributed by atoms with van der Waals surface area (Å²) in [7, 11) is 0. The van der Waals surface area contributed by atoms with E-state index in [-0.39, 0.29) is 5.91 Å². The number of hydrogen-bond donors (Lipinski definition) is 0. The summed E-state index contributed by atoms with van der Waals surface area (Å²) in [6.45, 7) is 4.67. The van der Waals surface area contributed by atoms with E-state index >= 15 is 0 Å². The van der Waals surface area contributed by atoms with Crippen molar-refractivity contribution in [2.75, 3.05) is 13.1 Å². The van der Waals surface area contributed by atoms with Gasteiger partial charge in [0.2, 0.25) is 0 Å². The van der Waals surface area contributed by atoms with Crippen molar-refractivity contribution in [2.24, 2.45) is 5.92 Å². The van der Waals surface area contributed by atoms with Crippen LogP contribution in [0.2, 0.25) is 0 Å². The lowest BCUT2D eigenvalue weighted by atomic mass is 9.98. The number of pyridine rings is 1. The Balaban J connectivity index is 1.31. The maximum Gasteiger partial charge on any atom is 0.272 e. The molecule has 0 unspecified atom stereocenters. The minimum atomic E-state index is 0.0176. The zero-order chi connectivity index (χ0) is 17.7. The summed E-state index contributed by atoms with van der Waals surface area (Å²) in [4.78, 5) is 23.8. The SMILES string of the molecule is Cc1cnc(C2CN(C(=O)c3ccc4ccccc4n3)C2)n1CC1CC1. The second-order valence-electron chi connectivity index (χ2n) is 7.61. The van der Waals surface area contributed by atoms with Gasteiger partial charge in [-0.05, 0) is 37.8 Å². The van der Waals surface area contributed by atoms with Crippen molar-refractivity contribution < 1.29 is 4.79 Å². The lowest BCUT2D eigenvalue weighted by molar-refractivity contribution is 0.0585. The van der Waals surface area contributed by atoms with Gasteiger partial charge in [-0.15, -0.1) is 0 Å². The summed E-state index contributed by atoms with van der Waals surface area (Å²) in [5.41, 5.74) is 2.62. The number of fused-ring (bicyclic) bond motifs is 1. The van der Waals surface area contributed by atoms with Gasteiger partial charge in [0.15, 0.2) is 0 Å². The monoisotopic (exact) mass is 346 g/mol. The lowest BCUT2D eigenvalue weighted by Crippen LogP contribution is -2.49. The van der Waals surface area contributed by atoms with Gasteiger partial charge in [0.25, 0.3) is 5.91 Å². The first-order valence-corrected chi connectivity index (χ1v) is 9.36. The van der Waals surface area contributed by atoms with Gasteiger partial charge in [-0.25, -0.2) is 9.97 Å². The van der Waals surface area contributed by atoms with Crippen molar-refractivity contribution >= 4 is 16.8 Å². The van der Waals surface area contributed by atoms with Crippen LogP contribution in [0.1, 0.15) is 40.8 Å². The highest BCUT2D eigenvalue weighted by Crippen LogP contribution is 2.34. The maximum absolute atomic E-state index is 12.8. The Kier molecular flexibility index (Phi) is 3.55. The number of aromatic nitrogens is 3. The third kappa shape index (κ3) is 2.68. The molecule has 1 aromatic carbocycles. The van der Waals surface area contributed by atoms with Crippen molar-refractivity contribution in [3.8, 4) is 0 Å². The molecule has 5 heteroatoms. The zero-order valence-corrected chi connectivity index (χ0v) is 14.9. The normalized spacial score (nSPS) is 17.5. The van der Waals surface area contributed by atoms with Crippen LogP contribution in [0.5, 0.6) is 0 Å². The van der Waals surface area contributed by atoms with Crippen LogP contribution in [0.25, 0.3) is 10.9 Å². The standard InChI is InChI=1S/C21H22N4O/c1-14-10-22-20(25(14)11-15-6-7-15)17-12-24(13-17)21(26)19-9-8-16-4-2-3-5-18(16)23-19/h2-5,8-10,15,17H,6-7,11-13H2,1H3. The Bertz CT molecular complexity index is 983. The Hall–Kier alpha value is -2.69. The minimum Gasteiger partial charge on any atom is -0.336 e. The fraction of sp³-hybridized carbons (Fsp3) is 0.381. The molecular weight excluding hydrogens is 324 g/mol. The summed E-state index contributed by atoms with van der Waals surface area (Å²) in [5.74, 6) is 2.32. The number of benzene rings is 1. The van der Waals surface area contributed by atoms with E-state index in [1.54, 1.807) is 0 Å². The highest BCUT2D eigenvalue weighted by molar-refractivity contribution is 5.95. The molecule has 1 aliphatic heterocycles. The first kappa shape index (κ1) is 15.6. The Morgan fingerprint density at radius 1 is 1.15 bits per heavy atom. The molecule has 2 aliphatic rings. The molecule has 1 saturated carbocycles. The topological polar surface area (TPSA) is 51.0 Å². The van der Waals surface area contributed by atoms with Crippen LogP contribution < -0.4 is 0 Å². The number of imidazole rings is 1. The Morgan fingerprint density at radius 2 is 1.96 bits per heavy atom. The molecule has 26 heavy (non-hydrogen) atoms. The predicted molar refractivity (Wildman–Crippen MR) is 100 cm³/mol. The number of hydrogen-bond acceptors (Lipinski definition) is 3. The third-order valence-corrected chi connectivity index (χ3v) is 5.58. The van der Waals surface area contributed by atoms with Crippen LogP contribution in [-0.4, -0.2) is 38.4 Å². The molecule has 0 spiro atoms. The van der Waals surface area contributed by atoms with Crippen molar-refractivity contribution in [1.29, 1.82) is 0 Å². The van der Waals surface area contributed by atoms with Crippen molar-refractivity contribution in [3.05, 3.63) is 59.8 Å². The average molecular weight is 346 g/mol. The molecule has 3 aromatic rings. The molecule has 0 N–H and O–H groups in total. The largest absolute Gasteiger partial charge is 0.336 e. The Morgan fingerprint density at radius 3 is 2.77 bits per heavy atom. The molecule has 1 aliphatic carbocycles. The first-order chi connectivity index (χ1) is 12.7. The fourth-order valence-corrected chi connectivity index (χ4v) is 3.76. The molecule has 5 nitrogen and oxygen atoms in total. The van der Waals surface area contributed by atoms with Gasteiger partial charge in [0, 0.05) is 36.9 Å². The molecule has 5 rings (SSSR count). The molecule has 3 heterocycles. The molecule has 2 fully saturated rings. The van der Waals surface area contributed by atoms with Gasteiger partial charge in [0.05, 0.1) is 11.4 Å². The number of aryl methyl sites for hydroxylation is 1. The van der Waals surface area contributed by atoms with Crippen molar-refractivity contribution in [2.45, 2.75) is 32.2 Å². The second-order valence-corrected chi connectivity index (χ2v) is 7.61. The predicted octanol–water partition coefficient (Wildman–Crippen LogP) is 3.39. The highest BCUT2D eigenvalue weighted by Gasteiger charge is 2.36. The van der Waals surface area contributed by atoms with Crippen LogP contribution >= 0.6 is 0 Å². The van der Waals surface area contributed by atoms with E-state index in [0.29, 0.717) is 11.6 Å². The maximum atomic E-state index is 12.8. The Labute approximate surface area is 152 Å². The molecule has 132 valence electrons. The van der Waals surface area contributed by atoms with Crippen LogP contribution in [-0.2, 0) is 6.54 Å². The zero-order valence-electron chi connectivity index (χ0n) is 14.9. The lowest BCUT2D eigenvalue weighted by Gasteiger charge is -2.39. The van der Waals surface area contributed by atoms with Gasteiger partial charge in [-0.3, -0.25) is 4.79 Å². The molecule has 0 atom stereocenters. The average Bonchev–Trinajstić information content (AvgIpc) is 3.38. The fourth-order valence-electron chi connectivity index (χ4n) is 3.76. The summed E-state index contributed by atoms with van der Waals surface area (Å²) in [6, 6.07) is 11.7. The smallest absolute Gasteiger partial charge is 0.272 e. The number of para-hydroxylation sites is 1. The summed E-state index contributed by atoms with van der Waals surface area (Å²) in [6.07, 6.45) is 4.63. The van der Waals surface area contributed by atoms with Crippen molar-refractivity contribution in [1.82, 2.24) is 19.4 Å². The van der Waals surface area contributed by atoms with Gasteiger partial charge in [-0.1, -0.05) is 24.3 Å². The van der Waals surface area contributed by atoms with E-state index in [2.05, 4.69) is 21.5 Å². The first-order valence-electron chi connectivity index (χ1n) is 9.36.